The van der Waals surface area contributed by atoms with Crippen molar-refractivity contribution in [3.05, 3.63) is 94.5 Å². The van der Waals surface area contributed by atoms with Gasteiger partial charge in [0.05, 0.1) is 6.54 Å². The Labute approximate surface area is 223 Å². The molecular weight excluding hydrogens is 489 g/mol. The molecule has 0 bridgehead atoms. The average Bonchev–Trinajstić information content (AvgIpc) is 3.33. The van der Waals surface area contributed by atoms with Gasteiger partial charge in [-0.05, 0) is 74.7 Å². The lowest BCUT2D eigenvalue weighted by Crippen LogP contribution is -2.49. The summed E-state index contributed by atoms with van der Waals surface area (Å²) in [4.78, 5) is 30.8. The van der Waals surface area contributed by atoms with Gasteiger partial charge in [0.15, 0.2) is 0 Å². The van der Waals surface area contributed by atoms with E-state index in [2.05, 4.69) is 4.57 Å². The van der Waals surface area contributed by atoms with Crippen LogP contribution in [0.4, 0.5) is 4.39 Å². The normalized spacial score (nSPS) is 14.1. The number of amides is 2. The minimum atomic E-state index is -0.257. The second kappa shape index (κ2) is 12.4. The molecule has 1 aliphatic rings. The Hall–Kier alpha value is -3.12. The molecule has 0 N–H and O–H groups in total. The molecule has 2 amide bonds. The van der Waals surface area contributed by atoms with Crippen LogP contribution in [0.25, 0.3) is 0 Å². The van der Waals surface area contributed by atoms with Crippen molar-refractivity contribution in [2.24, 2.45) is 0 Å². The number of halogens is 2. The highest BCUT2D eigenvalue weighted by atomic mass is 35.5. The molecule has 7 heteroatoms. The van der Waals surface area contributed by atoms with Gasteiger partial charge in [0, 0.05) is 41.1 Å². The van der Waals surface area contributed by atoms with Crippen LogP contribution < -0.4 is 0 Å². The monoisotopic (exact) mass is 523 g/mol. The van der Waals surface area contributed by atoms with Crippen LogP contribution in [-0.2, 0) is 17.9 Å². The third-order valence-corrected chi connectivity index (χ3v) is 7.35. The second-order valence-corrected chi connectivity index (χ2v) is 10.5. The zero-order valence-electron chi connectivity index (χ0n) is 21.6. The maximum absolute atomic E-state index is 13.8. The summed E-state index contributed by atoms with van der Waals surface area (Å²) in [6, 6.07) is 17.4. The number of carbonyl (C=O) groups excluding carboxylic acids is 2. The summed E-state index contributed by atoms with van der Waals surface area (Å²) in [7, 11) is 0. The van der Waals surface area contributed by atoms with Crippen molar-refractivity contribution in [2.45, 2.75) is 71.1 Å². The Balaban J connectivity index is 1.55. The Morgan fingerprint density at radius 2 is 1.76 bits per heavy atom. The first kappa shape index (κ1) is 26.9. The van der Waals surface area contributed by atoms with E-state index in [9.17, 15) is 14.0 Å². The van der Waals surface area contributed by atoms with Gasteiger partial charge in [-0.15, -0.1) is 0 Å². The first-order valence-electron chi connectivity index (χ1n) is 13.1. The van der Waals surface area contributed by atoms with Crippen molar-refractivity contribution in [2.75, 3.05) is 6.54 Å². The standard InChI is InChI=1S/C30H35ClFN3O2/c1-22(2)34(30(37)24-8-6-9-25(31)18-24)21-29(36)35(27-10-4-3-5-11-27)20-28-12-7-17-33(28)19-23-13-15-26(32)16-14-23/h6-9,12-18,22,27H,3-5,10-11,19-21H2,1-2H3. The lowest BCUT2D eigenvalue weighted by molar-refractivity contribution is -0.136. The molecule has 2 aromatic carbocycles. The molecule has 3 aromatic rings. The van der Waals surface area contributed by atoms with Gasteiger partial charge >= 0.3 is 0 Å². The van der Waals surface area contributed by atoms with Crippen molar-refractivity contribution in [3.63, 3.8) is 0 Å². The van der Waals surface area contributed by atoms with Gasteiger partial charge in [0.2, 0.25) is 5.91 Å². The number of rotatable bonds is 9. The molecule has 196 valence electrons. The van der Waals surface area contributed by atoms with Gasteiger partial charge < -0.3 is 14.4 Å². The Kier molecular flexibility index (Phi) is 9.04. The van der Waals surface area contributed by atoms with Crippen LogP contribution in [0.3, 0.4) is 0 Å². The quantitative estimate of drug-likeness (QED) is 0.319. The molecule has 0 radical (unpaired) electrons. The molecule has 1 aromatic heterocycles. The molecule has 1 fully saturated rings. The molecule has 4 rings (SSSR count). The van der Waals surface area contributed by atoms with Crippen LogP contribution in [0.2, 0.25) is 5.02 Å². The third kappa shape index (κ3) is 7.01. The molecule has 37 heavy (non-hydrogen) atoms. The van der Waals surface area contributed by atoms with Gasteiger partial charge in [-0.2, -0.15) is 0 Å². The predicted molar refractivity (Wildman–Crippen MR) is 145 cm³/mol. The van der Waals surface area contributed by atoms with Crippen LogP contribution in [0.15, 0.2) is 66.9 Å². The summed E-state index contributed by atoms with van der Waals surface area (Å²) < 4.78 is 15.5. The van der Waals surface area contributed by atoms with Crippen molar-refractivity contribution in [1.29, 1.82) is 0 Å². The number of aromatic nitrogens is 1. The van der Waals surface area contributed by atoms with E-state index >= 15 is 0 Å². The van der Waals surface area contributed by atoms with Crippen molar-refractivity contribution in [1.82, 2.24) is 14.4 Å². The minimum absolute atomic E-state index is 0.0121. The first-order valence-corrected chi connectivity index (χ1v) is 13.4. The highest BCUT2D eigenvalue weighted by Crippen LogP contribution is 2.25. The Morgan fingerprint density at radius 1 is 1.03 bits per heavy atom. The van der Waals surface area contributed by atoms with E-state index in [1.54, 1.807) is 41.3 Å². The number of benzene rings is 2. The highest BCUT2D eigenvalue weighted by molar-refractivity contribution is 6.31. The van der Waals surface area contributed by atoms with E-state index in [4.69, 9.17) is 11.6 Å². The first-order chi connectivity index (χ1) is 17.8. The van der Waals surface area contributed by atoms with Gasteiger partial charge in [0.1, 0.15) is 12.4 Å². The van der Waals surface area contributed by atoms with E-state index in [0.29, 0.717) is 23.7 Å². The average molecular weight is 524 g/mol. The lowest BCUT2D eigenvalue weighted by Gasteiger charge is -2.37. The molecule has 0 atom stereocenters. The second-order valence-electron chi connectivity index (χ2n) is 10.1. The molecule has 0 spiro atoms. The maximum Gasteiger partial charge on any atom is 0.254 e. The van der Waals surface area contributed by atoms with Crippen molar-refractivity contribution < 1.29 is 14.0 Å². The summed E-state index contributed by atoms with van der Waals surface area (Å²) in [6.45, 7) is 4.93. The number of carbonyl (C=O) groups is 2. The predicted octanol–water partition coefficient (Wildman–Crippen LogP) is 6.54. The zero-order valence-corrected chi connectivity index (χ0v) is 22.3. The number of nitrogens with zero attached hydrogens (tertiary/aromatic N) is 3. The molecule has 1 saturated carbocycles. The Morgan fingerprint density at radius 3 is 2.43 bits per heavy atom. The minimum Gasteiger partial charge on any atom is -0.345 e. The molecule has 1 heterocycles. The van der Waals surface area contributed by atoms with Gasteiger partial charge in [-0.3, -0.25) is 9.59 Å². The summed E-state index contributed by atoms with van der Waals surface area (Å²) in [5.41, 5.74) is 2.49. The zero-order chi connectivity index (χ0) is 26.4. The van der Waals surface area contributed by atoms with E-state index in [0.717, 1.165) is 36.9 Å². The molecule has 0 unspecified atom stereocenters. The van der Waals surface area contributed by atoms with E-state index < -0.39 is 0 Å². The van der Waals surface area contributed by atoms with Gasteiger partial charge in [-0.1, -0.05) is 49.1 Å². The SMILES string of the molecule is CC(C)N(CC(=O)N(Cc1cccn1Cc1ccc(F)cc1)C1CCCCC1)C(=O)c1cccc(Cl)c1. The van der Waals surface area contributed by atoms with Gasteiger partial charge in [0.25, 0.3) is 5.91 Å². The maximum atomic E-state index is 13.8. The fourth-order valence-corrected chi connectivity index (χ4v) is 5.22. The topological polar surface area (TPSA) is 45.6 Å². The largest absolute Gasteiger partial charge is 0.345 e. The summed E-state index contributed by atoms with van der Waals surface area (Å²) >= 11 is 6.12. The fraction of sp³-hybridized carbons (Fsp3) is 0.400. The summed E-state index contributed by atoms with van der Waals surface area (Å²) in [5.74, 6) is -0.507. The van der Waals surface area contributed by atoms with E-state index in [1.807, 2.05) is 37.1 Å². The van der Waals surface area contributed by atoms with Crippen LogP contribution >= 0.6 is 11.6 Å². The van der Waals surface area contributed by atoms with Crippen LogP contribution in [0.5, 0.6) is 0 Å². The molecule has 1 aliphatic carbocycles. The van der Waals surface area contributed by atoms with E-state index in [-0.39, 0.29) is 36.3 Å². The fourth-order valence-electron chi connectivity index (χ4n) is 5.03. The molecular formula is C30H35ClFN3O2. The number of hydrogen-bond acceptors (Lipinski definition) is 2. The highest BCUT2D eigenvalue weighted by Gasteiger charge is 2.30. The van der Waals surface area contributed by atoms with Crippen LogP contribution in [0.1, 0.15) is 67.6 Å². The molecule has 5 nitrogen and oxygen atoms in total. The Bertz CT molecular complexity index is 1200. The van der Waals surface area contributed by atoms with Crippen LogP contribution in [0, 0.1) is 5.82 Å². The number of hydrogen-bond donors (Lipinski definition) is 0. The molecule has 0 aliphatic heterocycles. The smallest absolute Gasteiger partial charge is 0.254 e. The van der Waals surface area contributed by atoms with E-state index in [1.165, 1.54) is 18.6 Å². The van der Waals surface area contributed by atoms with Crippen molar-refractivity contribution in [3.8, 4) is 0 Å². The third-order valence-electron chi connectivity index (χ3n) is 7.12. The van der Waals surface area contributed by atoms with Gasteiger partial charge in [-0.25, -0.2) is 4.39 Å². The van der Waals surface area contributed by atoms with Crippen LogP contribution in [-0.4, -0.2) is 44.8 Å². The molecule has 0 saturated heterocycles. The summed E-state index contributed by atoms with van der Waals surface area (Å²) in [5, 5.41) is 0.492. The lowest BCUT2D eigenvalue weighted by atomic mass is 9.94. The van der Waals surface area contributed by atoms with Crippen molar-refractivity contribution >= 4 is 23.4 Å². The summed E-state index contributed by atoms with van der Waals surface area (Å²) in [6.07, 6.45) is 7.31.